The van der Waals surface area contributed by atoms with Crippen molar-refractivity contribution in [1.29, 1.82) is 0 Å². The monoisotopic (exact) mass is 331 g/mol. The minimum atomic E-state index is -0.854. The van der Waals surface area contributed by atoms with Gasteiger partial charge in [0.05, 0.1) is 0 Å². The summed E-state index contributed by atoms with van der Waals surface area (Å²) in [6.45, 7) is 1.79. The molecule has 0 fully saturated rings. The molecule has 0 aromatic heterocycles. The van der Waals surface area contributed by atoms with Gasteiger partial charge >= 0.3 is 5.97 Å². The number of carboxylic acid groups (broad SMARTS) is 1. The smallest absolute Gasteiger partial charge is 0.303 e. The van der Waals surface area contributed by atoms with Gasteiger partial charge in [-0.3, -0.25) is 9.59 Å². The molecule has 1 rings (SSSR count). The molecule has 1 aromatic carbocycles. The molecule has 0 aliphatic heterocycles. The van der Waals surface area contributed by atoms with Crippen molar-refractivity contribution in [3.63, 3.8) is 0 Å². The highest BCUT2D eigenvalue weighted by Crippen LogP contribution is 2.15. The summed E-state index contributed by atoms with van der Waals surface area (Å²) in [7, 11) is 0. The Morgan fingerprint density at radius 1 is 1.42 bits per heavy atom. The van der Waals surface area contributed by atoms with Gasteiger partial charge in [-0.25, -0.2) is 4.39 Å². The molecule has 0 saturated carbocycles. The lowest BCUT2D eigenvalue weighted by atomic mass is 10.1. The third-order valence-electron chi connectivity index (χ3n) is 2.53. The van der Waals surface area contributed by atoms with Gasteiger partial charge in [0.15, 0.2) is 0 Å². The number of hydrogen-bond donors (Lipinski definition) is 2. The van der Waals surface area contributed by atoms with Gasteiger partial charge in [0, 0.05) is 22.5 Å². The van der Waals surface area contributed by atoms with E-state index >= 15 is 0 Å². The highest BCUT2D eigenvalue weighted by Gasteiger charge is 2.12. The first-order valence-corrected chi connectivity index (χ1v) is 6.66. The van der Waals surface area contributed by atoms with Crippen LogP contribution in [0.5, 0.6) is 0 Å². The lowest BCUT2D eigenvalue weighted by Gasteiger charge is -2.13. The van der Waals surface area contributed by atoms with E-state index in [9.17, 15) is 14.0 Å². The second kappa shape index (κ2) is 7.23. The molecule has 19 heavy (non-hydrogen) atoms. The number of amides is 1. The molecule has 1 aromatic rings. The zero-order valence-corrected chi connectivity index (χ0v) is 12.0. The van der Waals surface area contributed by atoms with E-state index in [0.29, 0.717) is 17.3 Å². The average Bonchev–Trinajstić information content (AvgIpc) is 2.26. The highest BCUT2D eigenvalue weighted by atomic mass is 79.9. The molecular formula is C13H15BrFNO3. The molecule has 0 aliphatic rings. The molecule has 0 bridgehead atoms. The van der Waals surface area contributed by atoms with E-state index in [4.69, 9.17) is 5.11 Å². The van der Waals surface area contributed by atoms with Gasteiger partial charge in [-0.15, -0.1) is 0 Å². The lowest BCUT2D eigenvalue weighted by molar-refractivity contribution is -0.137. The first kappa shape index (κ1) is 15.6. The Morgan fingerprint density at radius 3 is 2.68 bits per heavy atom. The SMILES string of the molecule is CC(CCCC(=O)O)NC(=O)c1cc(F)cc(Br)c1. The number of nitrogens with one attached hydrogen (secondary N) is 1. The van der Waals surface area contributed by atoms with E-state index in [1.165, 1.54) is 12.1 Å². The summed E-state index contributed by atoms with van der Waals surface area (Å²) in [5.41, 5.74) is 0.233. The number of hydrogen-bond acceptors (Lipinski definition) is 2. The summed E-state index contributed by atoms with van der Waals surface area (Å²) < 4.78 is 13.6. The van der Waals surface area contributed by atoms with Crippen LogP contribution in [0.1, 0.15) is 36.5 Å². The molecule has 4 nitrogen and oxygen atoms in total. The highest BCUT2D eigenvalue weighted by molar-refractivity contribution is 9.10. The molecule has 0 heterocycles. The molecule has 104 valence electrons. The van der Waals surface area contributed by atoms with E-state index in [-0.39, 0.29) is 23.9 Å². The van der Waals surface area contributed by atoms with E-state index in [1.54, 1.807) is 6.92 Å². The molecule has 6 heteroatoms. The van der Waals surface area contributed by atoms with Gasteiger partial charge in [0.2, 0.25) is 0 Å². The number of carboxylic acids is 1. The standard InChI is InChI=1S/C13H15BrFNO3/c1-8(3-2-4-12(17)18)16-13(19)9-5-10(14)7-11(15)6-9/h5-8H,2-4H2,1H3,(H,16,19)(H,17,18). The molecule has 1 unspecified atom stereocenters. The van der Waals surface area contributed by atoms with Gasteiger partial charge in [-0.1, -0.05) is 15.9 Å². The molecule has 0 aliphatic carbocycles. The fourth-order valence-electron chi connectivity index (χ4n) is 1.62. The van der Waals surface area contributed by atoms with Crippen molar-refractivity contribution in [1.82, 2.24) is 5.32 Å². The lowest BCUT2D eigenvalue weighted by Crippen LogP contribution is -2.32. The van der Waals surface area contributed by atoms with Gasteiger partial charge in [0.25, 0.3) is 5.91 Å². The summed E-state index contributed by atoms with van der Waals surface area (Å²) in [5.74, 6) is -1.71. The maximum absolute atomic E-state index is 13.1. The van der Waals surface area contributed by atoms with Crippen LogP contribution in [0.4, 0.5) is 4.39 Å². The maximum Gasteiger partial charge on any atom is 0.303 e. The van der Waals surface area contributed by atoms with Crippen molar-refractivity contribution in [2.24, 2.45) is 0 Å². The zero-order valence-electron chi connectivity index (χ0n) is 10.5. The zero-order chi connectivity index (χ0) is 14.4. The number of rotatable bonds is 6. The topological polar surface area (TPSA) is 66.4 Å². The quantitative estimate of drug-likeness (QED) is 0.842. The molecule has 0 spiro atoms. The number of halogens is 2. The third kappa shape index (κ3) is 5.83. The summed E-state index contributed by atoms with van der Waals surface area (Å²) in [5, 5.41) is 11.2. The van der Waals surface area contributed by atoms with E-state index in [2.05, 4.69) is 21.2 Å². The fraction of sp³-hybridized carbons (Fsp3) is 0.385. The van der Waals surface area contributed by atoms with Gasteiger partial charge in [-0.2, -0.15) is 0 Å². The van der Waals surface area contributed by atoms with Crippen LogP contribution < -0.4 is 5.32 Å². The number of carbonyl (C=O) groups excluding carboxylic acids is 1. The summed E-state index contributed by atoms with van der Waals surface area (Å²) in [4.78, 5) is 22.2. The van der Waals surface area contributed by atoms with Gasteiger partial charge in [0.1, 0.15) is 5.82 Å². The van der Waals surface area contributed by atoms with E-state index in [0.717, 1.165) is 6.07 Å². The van der Waals surface area contributed by atoms with E-state index < -0.39 is 11.8 Å². The van der Waals surface area contributed by atoms with Crippen molar-refractivity contribution in [3.05, 3.63) is 34.1 Å². The summed E-state index contributed by atoms with van der Waals surface area (Å²) >= 11 is 3.12. The van der Waals surface area contributed by atoms with Crippen LogP contribution in [0.2, 0.25) is 0 Å². The fourth-order valence-corrected chi connectivity index (χ4v) is 2.09. The van der Waals surface area contributed by atoms with Crippen LogP contribution in [0.15, 0.2) is 22.7 Å². The van der Waals surface area contributed by atoms with Crippen LogP contribution in [-0.4, -0.2) is 23.0 Å². The largest absolute Gasteiger partial charge is 0.481 e. The molecule has 1 atom stereocenters. The first-order chi connectivity index (χ1) is 8.88. The Morgan fingerprint density at radius 2 is 2.11 bits per heavy atom. The van der Waals surface area contributed by atoms with Crippen LogP contribution in [0.3, 0.4) is 0 Å². The summed E-state index contributed by atoms with van der Waals surface area (Å²) in [6.07, 6.45) is 1.13. The Bertz CT molecular complexity index is 459. The molecule has 0 saturated heterocycles. The predicted molar refractivity (Wildman–Crippen MR) is 72.5 cm³/mol. The minimum Gasteiger partial charge on any atom is -0.481 e. The number of aliphatic carboxylic acids is 1. The van der Waals surface area contributed by atoms with Crippen molar-refractivity contribution in [2.75, 3.05) is 0 Å². The van der Waals surface area contributed by atoms with Crippen molar-refractivity contribution < 1.29 is 19.1 Å². The Labute approximate surface area is 119 Å². The number of benzene rings is 1. The van der Waals surface area contributed by atoms with Gasteiger partial charge in [-0.05, 0) is 38.0 Å². The van der Waals surface area contributed by atoms with Crippen LogP contribution in [0.25, 0.3) is 0 Å². The Kier molecular flexibility index (Phi) is 5.95. The first-order valence-electron chi connectivity index (χ1n) is 5.87. The van der Waals surface area contributed by atoms with Crippen molar-refractivity contribution in [2.45, 2.75) is 32.2 Å². The Balaban J connectivity index is 2.51. The molecule has 0 radical (unpaired) electrons. The summed E-state index contributed by atoms with van der Waals surface area (Å²) in [6, 6.07) is 3.80. The number of carbonyl (C=O) groups is 2. The van der Waals surface area contributed by atoms with Crippen LogP contribution >= 0.6 is 15.9 Å². The second-order valence-electron chi connectivity index (χ2n) is 4.32. The maximum atomic E-state index is 13.1. The average molecular weight is 332 g/mol. The molecular weight excluding hydrogens is 317 g/mol. The van der Waals surface area contributed by atoms with Gasteiger partial charge < -0.3 is 10.4 Å². The van der Waals surface area contributed by atoms with E-state index in [1.807, 2.05) is 0 Å². The van der Waals surface area contributed by atoms with Crippen LogP contribution in [-0.2, 0) is 4.79 Å². The normalized spacial score (nSPS) is 11.9. The Hall–Kier alpha value is -1.43. The van der Waals surface area contributed by atoms with Crippen LogP contribution in [0, 0.1) is 5.82 Å². The predicted octanol–water partition coefficient (Wildman–Crippen LogP) is 2.96. The third-order valence-corrected chi connectivity index (χ3v) is 2.99. The van der Waals surface area contributed by atoms with Crippen molar-refractivity contribution in [3.8, 4) is 0 Å². The molecule has 2 N–H and O–H groups in total. The second-order valence-corrected chi connectivity index (χ2v) is 5.23. The minimum absolute atomic E-state index is 0.0751. The molecule has 1 amide bonds. The van der Waals surface area contributed by atoms with Crippen molar-refractivity contribution >= 4 is 27.8 Å².